The van der Waals surface area contributed by atoms with Gasteiger partial charge in [0.2, 0.25) is 5.88 Å². The van der Waals surface area contributed by atoms with Crippen molar-refractivity contribution in [1.29, 1.82) is 0 Å². The number of carbonyl (C=O) groups excluding carboxylic acids is 1. The van der Waals surface area contributed by atoms with Crippen LogP contribution in [-0.4, -0.2) is 40.0 Å². The van der Waals surface area contributed by atoms with E-state index in [2.05, 4.69) is 9.97 Å². The van der Waals surface area contributed by atoms with Gasteiger partial charge in [-0.1, -0.05) is 30.3 Å². The van der Waals surface area contributed by atoms with Gasteiger partial charge in [0.1, 0.15) is 23.1 Å². The summed E-state index contributed by atoms with van der Waals surface area (Å²) in [6.45, 7) is 1.18. The van der Waals surface area contributed by atoms with Gasteiger partial charge in [-0.2, -0.15) is 0 Å². The number of para-hydroxylation sites is 1. The van der Waals surface area contributed by atoms with E-state index in [4.69, 9.17) is 9.47 Å². The first kappa shape index (κ1) is 19.1. The lowest BCUT2D eigenvalue weighted by atomic mass is 10.2. The average molecular weight is 411 g/mol. The van der Waals surface area contributed by atoms with Crippen molar-refractivity contribution in [2.24, 2.45) is 0 Å². The third-order valence-electron chi connectivity index (χ3n) is 5.26. The Kier molecular flexibility index (Phi) is 5.19. The molecular formula is C25H21N3O3. The summed E-state index contributed by atoms with van der Waals surface area (Å²) in [7, 11) is 0. The standard InChI is InChI=1S/C25H21N3O3/c29-25(19-7-3-9-20(16-19)31-23-11-1-2-13-26-23)28-15-12-21(17-28)30-22-10-4-6-18-8-5-14-27-24(18)22/h1-11,13-14,16,21H,12,15,17H2. The number of pyridine rings is 2. The molecule has 1 amide bonds. The van der Waals surface area contributed by atoms with Gasteiger partial charge in [-0.3, -0.25) is 9.78 Å². The minimum Gasteiger partial charge on any atom is -0.486 e. The molecule has 5 rings (SSSR count). The monoisotopic (exact) mass is 411 g/mol. The zero-order valence-electron chi connectivity index (χ0n) is 16.8. The van der Waals surface area contributed by atoms with Gasteiger partial charge in [0.25, 0.3) is 5.91 Å². The van der Waals surface area contributed by atoms with E-state index in [0.29, 0.717) is 30.3 Å². The first-order valence-electron chi connectivity index (χ1n) is 10.2. The van der Waals surface area contributed by atoms with Crippen molar-refractivity contribution < 1.29 is 14.3 Å². The number of hydrogen-bond acceptors (Lipinski definition) is 5. The third kappa shape index (κ3) is 4.19. The summed E-state index contributed by atoms with van der Waals surface area (Å²) in [5.74, 6) is 1.79. The van der Waals surface area contributed by atoms with Crippen molar-refractivity contribution in [2.45, 2.75) is 12.5 Å². The lowest BCUT2D eigenvalue weighted by molar-refractivity contribution is 0.0772. The van der Waals surface area contributed by atoms with E-state index in [9.17, 15) is 4.79 Å². The molecule has 0 spiro atoms. The van der Waals surface area contributed by atoms with E-state index < -0.39 is 0 Å². The maximum Gasteiger partial charge on any atom is 0.254 e. The second kappa shape index (κ2) is 8.44. The van der Waals surface area contributed by atoms with E-state index in [0.717, 1.165) is 23.1 Å². The van der Waals surface area contributed by atoms with Gasteiger partial charge in [0.05, 0.1) is 6.54 Å². The Labute approximate surface area is 180 Å². The molecule has 2 aromatic heterocycles. The van der Waals surface area contributed by atoms with Gasteiger partial charge in [0.15, 0.2) is 0 Å². The fourth-order valence-corrected chi connectivity index (χ4v) is 3.76. The minimum absolute atomic E-state index is 0.0337. The van der Waals surface area contributed by atoms with Crippen molar-refractivity contribution in [1.82, 2.24) is 14.9 Å². The zero-order chi connectivity index (χ0) is 21.0. The van der Waals surface area contributed by atoms with Crippen LogP contribution in [-0.2, 0) is 0 Å². The molecule has 6 heteroatoms. The third-order valence-corrected chi connectivity index (χ3v) is 5.26. The fourth-order valence-electron chi connectivity index (χ4n) is 3.76. The van der Waals surface area contributed by atoms with Crippen LogP contribution in [0.4, 0.5) is 0 Å². The molecular weight excluding hydrogens is 390 g/mol. The van der Waals surface area contributed by atoms with Gasteiger partial charge in [-0.05, 0) is 36.4 Å². The molecule has 0 N–H and O–H groups in total. The van der Waals surface area contributed by atoms with E-state index in [1.165, 1.54) is 0 Å². The van der Waals surface area contributed by atoms with Crippen molar-refractivity contribution in [3.63, 3.8) is 0 Å². The number of likely N-dealkylation sites (tertiary alicyclic amines) is 1. The van der Waals surface area contributed by atoms with Crippen LogP contribution in [0.3, 0.4) is 0 Å². The smallest absolute Gasteiger partial charge is 0.254 e. The number of hydrogen-bond donors (Lipinski definition) is 0. The predicted octanol–water partition coefficient (Wildman–Crippen LogP) is 4.72. The van der Waals surface area contributed by atoms with Crippen molar-refractivity contribution in [3.8, 4) is 17.4 Å². The SMILES string of the molecule is O=C(c1cccc(Oc2ccccn2)c1)N1CCC(Oc2cccc3cccnc23)C1. The Bertz CT molecular complexity index is 1210. The molecule has 0 bridgehead atoms. The molecule has 6 nitrogen and oxygen atoms in total. The van der Waals surface area contributed by atoms with Crippen LogP contribution in [0.5, 0.6) is 17.4 Å². The Morgan fingerprint density at radius 1 is 0.935 bits per heavy atom. The number of aromatic nitrogens is 2. The molecule has 1 fully saturated rings. The molecule has 0 aliphatic carbocycles. The summed E-state index contributed by atoms with van der Waals surface area (Å²) in [6, 6.07) is 22.5. The lowest BCUT2D eigenvalue weighted by Gasteiger charge is -2.18. The Morgan fingerprint density at radius 3 is 2.71 bits per heavy atom. The number of rotatable bonds is 5. The highest BCUT2D eigenvalue weighted by molar-refractivity contribution is 5.94. The first-order chi connectivity index (χ1) is 15.3. The highest BCUT2D eigenvalue weighted by Crippen LogP contribution is 2.27. The molecule has 0 saturated carbocycles. The highest BCUT2D eigenvalue weighted by atomic mass is 16.5. The topological polar surface area (TPSA) is 64.5 Å². The van der Waals surface area contributed by atoms with E-state index in [1.54, 1.807) is 30.6 Å². The van der Waals surface area contributed by atoms with Gasteiger partial charge in [0, 0.05) is 42.4 Å². The summed E-state index contributed by atoms with van der Waals surface area (Å²) < 4.78 is 12.0. The molecule has 1 aliphatic rings. The number of carbonyl (C=O) groups is 1. The van der Waals surface area contributed by atoms with Gasteiger partial charge in [-0.25, -0.2) is 4.98 Å². The van der Waals surface area contributed by atoms with Crippen molar-refractivity contribution >= 4 is 16.8 Å². The summed E-state index contributed by atoms with van der Waals surface area (Å²) in [5.41, 5.74) is 1.43. The van der Waals surface area contributed by atoms with Crippen LogP contribution in [0.15, 0.2) is 85.2 Å². The van der Waals surface area contributed by atoms with Crippen LogP contribution >= 0.6 is 0 Å². The van der Waals surface area contributed by atoms with Crippen molar-refractivity contribution in [3.05, 3.63) is 90.8 Å². The summed E-state index contributed by atoms with van der Waals surface area (Å²) in [4.78, 5) is 23.5. The second-order valence-corrected chi connectivity index (χ2v) is 7.41. The molecule has 4 aromatic rings. The first-order valence-corrected chi connectivity index (χ1v) is 10.2. The Balaban J connectivity index is 1.27. The molecule has 1 saturated heterocycles. The van der Waals surface area contributed by atoms with E-state index in [-0.39, 0.29) is 12.0 Å². The summed E-state index contributed by atoms with van der Waals surface area (Å²) in [5, 5.41) is 1.04. The predicted molar refractivity (Wildman–Crippen MR) is 117 cm³/mol. The summed E-state index contributed by atoms with van der Waals surface area (Å²) in [6.07, 6.45) is 4.14. The normalized spacial score (nSPS) is 15.7. The van der Waals surface area contributed by atoms with Crippen LogP contribution < -0.4 is 9.47 Å². The number of benzene rings is 2. The number of nitrogens with zero attached hydrogens (tertiary/aromatic N) is 3. The van der Waals surface area contributed by atoms with E-state index in [1.807, 2.05) is 59.5 Å². The van der Waals surface area contributed by atoms with Crippen LogP contribution in [0.2, 0.25) is 0 Å². The number of fused-ring (bicyclic) bond motifs is 1. The molecule has 31 heavy (non-hydrogen) atoms. The van der Waals surface area contributed by atoms with Gasteiger partial charge < -0.3 is 14.4 Å². The highest BCUT2D eigenvalue weighted by Gasteiger charge is 2.29. The van der Waals surface area contributed by atoms with Crippen LogP contribution in [0, 0.1) is 0 Å². The maximum absolute atomic E-state index is 13.0. The molecule has 1 aliphatic heterocycles. The number of amides is 1. The van der Waals surface area contributed by atoms with Gasteiger partial charge >= 0.3 is 0 Å². The fraction of sp³-hybridized carbons (Fsp3) is 0.160. The molecule has 1 unspecified atom stereocenters. The zero-order valence-corrected chi connectivity index (χ0v) is 16.8. The molecule has 154 valence electrons. The molecule has 1 atom stereocenters. The van der Waals surface area contributed by atoms with Gasteiger partial charge in [-0.15, -0.1) is 0 Å². The van der Waals surface area contributed by atoms with E-state index >= 15 is 0 Å². The summed E-state index contributed by atoms with van der Waals surface area (Å²) >= 11 is 0. The maximum atomic E-state index is 13.0. The number of ether oxygens (including phenoxy) is 2. The second-order valence-electron chi connectivity index (χ2n) is 7.41. The Morgan fingerprint density at radius 2 is 1.81 bits per heavy atom. The minimum atomic E-state index is -0.0653. The molecule has 0 radical (unpaired) electrons. The van der Waals surface area contributed by atoms with Crippen molar-refractivity contribution in [2.75, 3.05) is 13.1 Å². The average Bonchev–Trinajstić information content (AvgIpc) is 3.28. The molecule has 3 heterocycles. The largest absolute Gasteiger partial charge is 0.486 e. The van der Waals surface area contributed by atoms with Crippen LogP contribution in [0.1, 0.15) is 16.8 Å². The quantitative estimate of drug-likeness (QED) is 0.476. The Hall–Kier alpha value is -3.93. The molecule has 2 aromatic carbocycles. The van der Waals surface area contributed by atoms with Crippen LogP contribution in [0.25, 0.3) is 10.9 Å². The lowest BCUT2D eigenvalue weighted by Crippen LogP contribution is -2.30.